The van der Waals surface area contributed by atoms with Crippen molar-refractivity contribution in [3.05, 3.63) is 36.4 Å². The van der Waals surface area contributed by atoms with E-state index in [1.807, 2.05) is 0 Å². The van der Waals surface area contributed by atoms with Gasteiger partial charge in [0.25, 0.3) is 0 Å². The minimum Gasteiger partial charge on any atom is -0.323 e. The summed E-state index contributed by atoms with van der Waals surface area (Å²) in [6.07, 6.45) is 1.66. The third-order valence-electron chi connectivity index (χ3n) is 2.09. The van der Waals surface area contributed by atoms with Gasteiger partial charge in [-0.15, -0.1) is 0 Å². The first kappa shape index (κ1) is 12.4. The third-order valence-corrected chi connectivity index (χ3v) is 3.88. The van der Waals surface area contributed by atoms with Gasteiger partial charge in [-0.25, -0.2) is 8.42 Å². The summed E-state index contributed by atoms with van der Waals surface area (Å²) in [7, 11) is -3.34. The van der Waals surface area contributed by atoms with Crippen LogP contribution >= 0.6 is 0 Å². The van der Waals surface area contributed by atoms with Crippen LogP contribution in [0, 0.1) is 0 Å². The molecule has 0 saturated carbocycles. The summed E-state index contributed by atoms with van der Waals surface area (Å²) >= 11 is 0. The molecule has 0 saturated heterocycles. The molecule has 0 unspecified atom stereocenters. The number of hydrogen-bond donors (Lipinski definition) is 1. The smallest absolute Gasteiger partial charge is 0.183 e. The summed E-state index contributed by atoms with van der Waals surface area (Å²) in [5.74, 6) is 4.86. The molecule has 0 aliphatic carbocycles. The monoisotopic (exact) mass is 238 g/mol. The summed E-state index contributed by atoms with van der Waals surface area (Å²) in [5, 5.41) is 3.35. The van der Waals surface area contributed by atoms with Crippen LogP contribution < -0.4 is 5.84 Å². The molecule has 0 aliphatic heterocycles. The Kier molecular flexibility index (Phi) is 3.84. The molecule has 2 N–H and O–H groups in total. The number of nitrogens with two attached hydrogens (primary N) is 1. The van der Waals surface area contributed by atoms with E-state index >= 15 is 0 Å². The molecular formula is C11H14N2O2S. The first-order valence-corrected chi connectivity index (χ1v) is 6.33. The second-order valence-corrected chi connectivity index (χ2v) is 5.39. The molecule has 0 fully saturated rings. The largest absolute Gasteiger partial charge is 0.323 e. The fourth-order valence-electron chi connectivity index (χ4n) is 1.21. The normalized spacial score (nSPS) is 12.4. The number of hydrazone groups is 1. The highest BCUT2D eigenvalue weighted by molar-refractivity contribution is 7.92. The first-order chi connectivity index (χ1) is 7.49. The second-order valence-electron chi connectivity index (χ2n) is 3.40. The van der Waals surface area contributed by atoms with Crippen molar-refractivity contribution in [2.75, 3.05) is 5.75 Å². The van der Waals surface area contributed by atoms with Crippen LogP contribution in [0.1, 0.15) is 12.5 Å². The van der Waals surface area contributed by atoms with E-state index in [9.17, 15) is 8.42 Å². The van der Waals surface area contributed by atoms with Crippen LogP contribution in [-0.2, 0) is 9.84 Å². The summed E-state index contributed by atoms with van der Waals surface area (Å²) in [6, 6.07) is 6.51. The van der Waals surface area contributed by atoms with Crippen molar-refractivity contribution in [1.29, 1.82) is 0 Å². The molecule has 4 nitrogen and oxygen atoms in total. The van der Waals surface area contributed by atoms with E-state index in [0.29, 0.717) is 5.71 Å². The number of nitrogens with zero attached hydrogens (tertiary/aromatic N) is 1. The van der Waals surface area contributed by atoms with Crippen LogP contribution in [0.2, 0.25) is 0 Å². The topological polar surface area (TPSA) is 72.5 Å². The highest BCUT2D eigenvalue weighted by Crippen LogP contribution is 2.13. The maximum Gasteiger partial charge on any atom is 0.183 e. The Bertz CT molecular complexity index is 501. The lowest BCUT2D eigenvalue weighted by atomic mass is 10.2. The van der Waals surface area contributed by atoms with Crippen LogP contribution in [0.4, 0.5) is 0 Å². The van der Waals surface area contributed by atoms with Crippen LogP contribution in [-0.4, -0.2) is 19.9 Å². The summed E-state index contributed by atoms with van der Waals surface area (Å²) in [4.78, 5) is 0.265. The van der Waals surface area contributed by atoms with Gasteiger partial charge < -0.3 is 5.84 Å². The van der Waals surface area contributed by atoms with E-state index in [1.165, 1.54) is 0 Å². The Labute approximate surface area is 95.4 Å². The molecule has 0 bridgehead atoms. The molecule has 1 aromatic rings. The molecule has 0 aliphatic rings. The molecule has 16 heavy (non-hydrogen) atoms. The van der Waals surface area contributed by atoms with E-state index in [4.69, 9.17) is 5.84 Å². The van der Waals surface area contributed by atoms with Gasteiger partial charge in [0.15, 0.2) is 9.84 Å². The molecule has 5 heteroatoms. The van der Waals surface area contributed by atoms with E-state index < -0.39 is 9.84 Å². The fraction of sp³-hybridized carbons (Fsp3) is 0.182. The summed E-state index contributed by atoms with van der Waals surface area (Å²) in [6.45, 7) is 5.18. The van der Waals surface area contributed by atoms with Crippen LogP contribution in [0.25, 0.3) is 6.08 Å². The molecule has 0 aromatic heterocycles. The van der Waals surface area contributed by atoms with Crippen molar-refractivity contribution in [1.82, 2.24) is 0 Å². The number of benzene rings is 1. The maximum absolute atomic E-state index is 11.8. The molecular weight excluding hydrogens is 224 g/mol. The molecule has 0 heterocycles. The maximum atomic E-state index is 11.8. The number of sulfone groups is 1. The van der Waals surface area contributed by atoms with E-state index in [2.05, 4.69) is 11.7 Å². The first-order valence-electron chi connectivity index (χ1n) is 4.68. The highest BCUT2D eigenvalue weighted by Gasteiger charge is 2.15. The molecule has 1 rings (SSSR count). The van der Waals surface area contributed by atoms with Crippen LogP contribution in [0.3, 0.4) is 0 Å². The average Bonchev–Trinajstić information content (AvgIpc) is 2.28. The van der Waals surface area contributed by atoms with Gasteiger partial charge in [0.1, 0.15) is 0 Å². The minimum absolute atomic E-state index is 0.156. The lowest BCUT2D eigenvalue weighted by Gasteiger charge is -2.03. The van der Waals surface area contributed by atoms with Crippen molar-refractivity contribution in [2.45, 2.75) is 11.8 Å². The fourth-order valence-corrected chi connectivity index (χ4v) is 2.55. The lowest BCUT2D eigenvalue weighted by molar-refractivity contribution is 0.600. The van der Waals surface area contributed by atoms with E-state index in [-0.39, 0.29) is 10.6 Å². The molecule has 0 atom stereocenters. The van der Waals surface area contributed by atoms with E-state index in [0.717, 1.165) is 5.56 Å². The number of hydrogen-bond acceptors (Lipinski definition) is 4. The molecule has 0 spiro atoms. The number of rotatable bonds is 4. The molecule has 1 aromatic carbocycles. The predicted molar refractivity (Wildman–Crippen MR) is 65.9 cm³/mol. The average molecular weight is 238 g/mol. The van der Waals surface area contributed by atoms with Gasteiger partial charge >= 0.3 is 0 Å². The van der Waals surface area contributed by atoms with Crippen molar-refractivity contribution in [2.24, 2.45) is 10.9 Å². The van der Waals surface area contributed by atoms with Gasteiger partial charge in [-0.3, -0.25) is 0 Å². The Morgan fingerprint density at radius 1 is 1.44 bits per heavy atom. The van der Waals surface area contributed by atoms with Crippen molar-refractivity contribution in [3.63, 3.8) is 0 Å². The van der Waals surface area contributed by atoms with Gasteiger partial charge in [0, 0.05) is 5.71 Å². The lowest BCUT2D eigenvalue weighted by Crippen LogP contribution is -2.15. The highest BCUT2D eigenvalue weighted by atomic mass is 32.2. The molecule has 0 amide bonds. The Hall–Kier alpha value is -1.62. The minimum atomic E-state index is -3.34. The zero-order chi connectivity index (χ0) is 12.2. The van der Waals surface area contributed by atoms with Gasteiger partial charge in [-0.1, -0.05) is 24.8 Å². The molecule has 0 radical (unpaired) electrons. The van der Waals surface area contributed by atoms with E-state index in [1.54, 1.807) is 37.3 Å². The Morgan fingerprint density at radius 2 is 2.00 bits per heavy atom. The molecule has 86 valence electrons. The van der Waals surface area contributed by atoms with Crippen LogP contribution in [0.5, 0.6) is 0 Å². The Morgan fingerprint density at radius 3 is 2.44 bits per heavy atom. The van der Waals surface area contributed by atoms with Gasteiger partial charge in [0.05, 0.1) is 10.6 Å². The van der Waals surface area contributed by atoms with Gasteiger partial charge in [-0.05, 0) is 24.6 Å². The summed E-state index contributed by atoms with van der Waals surface area (Å²) in [5.41, 5.74) is 1.26. The van der Waals surface area contributed by atoms with Crippen molar-refractivity contribution < 1.29 is 8.42 Å². The zero-order valence-electron chi connectivity index (χ0n) is 9.05. The predicted octanol–water partition coefficient (Wildman–Crippen LogP) is 1.44. The standard InChI is InChI=1S/C11H14N2O2S/c1-3-10-4-6-11(7-5-10)16(14,15)8-9(2)13-12/h3-7H,1,8,12H2,2H3. The zero-order valence-corrected chi connectivity index (χ0v) is 9.87. The SMILES string of the molecule is C=Cc1ccc(S(=O)(=O)CC(C)=NN)cc1. The van der Waals surface area contributed by atoms with Crippen LogP contribution in [0.15, 0.2) is 40.8 Å². The van der Waals surface area contributed by atoms with Crippen molar-refractivity contribution in [3.8, 4) is 0 Å². The second kappa shape index (κ2) is 4.94. The quantitative estimate of drug-likeness (QED) is 0.490. The van der Waals surface area contributed by atoms with Gasteiger partial charge in [-0.2, -0.15) is 5.10 Å². The van der Waals surface area contributed by atoms with Gasteiger partial charge in [0.2, 0.25) is 0 Å². The third kappa shape index (κ3) is 2.93. The summed E-state index contributed by atoms with van der Waals surface area (Å²) < 4.78 is 23.7. The Balaban J connectivity index is 3.03. The van der Waals surface area contributed by atoms with Crippen molar-refractivity contribution >= 4 is 21.6 Å².